The molecule has 1 aliphatic rings. The lowest BCUT2D eigenvalue weighted by atomic mass is 10.0. The number of aliphatic hydroxyl groups excluding tert-OH is 1. The first-order valence-electron chi connectivity index (χ1n) is 8.44. The van der Waals surface area contributed by atoms with Crippen LogP contribution >= 0.6 is 31.9 Å². The molecule has 0 amide bonds. The molecule has 150 valence electrons. The molecular formula is C19H20Br2N2O5. The number of nitrogens with one attached hydrogen (secondary N) is 1. The lowest BCUT2D eigenvalue weighted by Crippen LogP contribution is -2.48. The second-order valence-corrected chi connectivity index (χ2v) is 8.06. The van der Waals surface area contributed by atoms with Crippen molar-refractivity contribution in [3.8, 4) is 11.5 Å². The number of Topliss-reactive ketones (excluding diaryl/α,β-unsaturated/α-hetero) is 1. The van der Waals surface area contributed by atoms with E-state index in [1.54, 1.807) is 38.5 Å². The van der Waals surface area contributed by atoms with E-state index >= 15 is 0 Å². The van der Waals surface area contributed by atoms with Gasteiger partial charge in [-0.25, -0.2) is 4.84 Å². The third kappa shape index (κ3) is 4.33. The van der Waals surface area contributed by atoms with E-state index in [-0.39, 0.29) is 10.6 Å². The number of hydrazine groups is 1. The van der Waals surface area contributed by atoms with Gasteiger partial charge in [0.25, 0.3) is 0 Å². The van der Waals surface area contributed by atoms with E-state index < -0.39 is 17.2 Å². The normalized spacial score (nSPS) is 21.2. The summed E-state index contributed by atoms with van der Waals surface area (Å²) in [5.41, 5.74) is 4.16. The molecular weight excluding hydrogens is 496 g/mol. The van der Waals surface area contributed by atoms with Gasteiger partial charge in [0.1, 0.15) is 11.5 Å². The van der Waals surface area contributed by atoms with Gasteiger partial charge < -0.3 is 14.6 Å². The third-order valence-corrected chi connectivity index (χ3v) is 7.17. The van der Waals surface area contributed by atoms with Crippen LogP contribution < -0.4 is 20.1 Å². The average Bonchev–Trinajstić information content (AvgIpc) is 3.13. The van der Waals surface area contributed by atoms with Crippen LogP contribution in [0.2, 0.25) is 0 Å². The van der Waals surface area contributed by atoms with Crippen molar-refractivity contribution in [1.29, 1.82) is 0 Å². The van der Waals surface area contributed by atoms with Gasteiger partial charge in [0.15, 0.2) is 11.8 Å². The van der Waals surface area contributed by atoms with Crippen molar-refractivity contribution < 1.29 is 24.2 Å². The molecule has 1 saturated heterocycles. The summed E-state index contributed by atoms with van der Waals surface area (Å²) in [5, 5.41) is 11.7. The fraction of sp³-hybridized carbons (Fsp3) is 0.316. The summed E-state index contributed by atoms with van der Waals surface area (Å²) >= 11 is 7.05. The maximum absolute atomic E-state index is 13.2. The number of carbonyl (C=O) groups is 1. The summed E-state index contributed by atoms with van der Waals surface area (Å²) < 4.78 is 10.3. The van der Waals surface area contributed by atoms with Crippen LogP contribution in [0.5, 0.6) is 11.5 Å². The van der Waals surface area contributed by atoms with E-state index in [1.807, 2.05) is 24.3 Å². The van der Waals surface area contributed by atoms with Crippen LogP contribution in [0.25, 0.3) is 0 Å². The Bertz CT molecular complexity index is 803. The molecule has 2 N–H and O–H groups in total. The summed E-state index contributed by atoms with van der Waals surface area (Å²) in [6.07, 6.45) is -1.31. The first kappa shape index (κ1) is 21.1. The Balaban J connectivity index is 1.78. The van der Waals surface area contributed by atoms with Gasteiger partial charge >= 0.3 is 0 Å². The molecule has 2 aromatic carbocycles. The predicted octanol–water partition coefficient (Wildman–Crippen LogP) is 3.12. The van der Waals surface area contributed by atoms with Gasteiger partial charge in [-0.05, 0) is 42.0 Å². The summed E-state index contributed by atoms with van der Waals surface area (Å²) in [5.74, 6) is 1.17. The molecule has 0 spiro atoms. The smallest absolute Gasteiger partial charge is 0.206 e. The number of alkyl halides is 2. The Morgan fingerprint density at radius 3 is 2.14 bits per heavy atom. The average molecular weight is 516 g/mol. The molecule has 4 atom stereocenters. The second-order valence-electron chi connectivity index (χ2n) is 6.09. The van der Waals surface area contributed by atoms with Crippen LogP contribution in [-0.4, -0.2) is 42.3 Å². The fourth-order valence-corrected chi connectivity index (χ4v) is 3.99. The Morgan fingerprint density at radius 2 is 1.61 bits per heavy atom. The van der Waals surface area contributed by atoms with Crippen LogP contribution in [0.3, 0.4) is 0 Å². The number of ether oxygens (including phenoxy) is 2. The van der Waals surface area contributed by atoms with Crippen LogP contribution in [0, 0.1) is 0 Å². The van der Waals surface area contributed by atoms with E-state index in [2.05, 4.69) is 37.4 Å². The highest BCUT2D eigenvalue weighted by molar-refractivity contribution is 9.12. The number of anilines is 1. The molecule has 1 fully saturated rings. The van der Waals surface area contributed by atoms with E-state index in [1.165, 1.54) is 5.01 Å². The van der Waals surface area contributed by atoms with E-state index in [9.17, 15) is 9.90 Å². The van der Waals surface area contributed by atoms with Gasteiger partial charge in [0.2, 0.25) is 6.29 Å². The molecule has 4 unspecified atom stereocenters. The van der Waals surface area contributed by atoms with Gasteiger partial charge in [0.05, 0.1) is 29.6 Å². The number of benzene rings is 2. The zero-order valence-corrected chi connectivity index (χ0v) is 18.4. The van der Waals surface area contributed by atoms with E-state index in [0.717, 1.165) is 11.3 Å². The molecule has 0 saturated carbocycles. The zero-order valence-electron chi connectivity index (χ0n) is 15.2. The number of hydrogen-bond acceptors (Lipinski definition) is 7. The summed E-state index contributed by atoms with van der Waals surface area (Å²) in [4.78, 5) is 17.3. The number of halogens is 2. The molecule has 1 heterocycles. The van der Waals surface area contributed by atoms with E-state index in [4.69, 9.17) is 14.3 Å². The molecule has 7 nitrogen and oxygen atoms in total. The van der Waals surface area contributed by atoms with Crippen molar-refractivity contribution in [2.24, 2.45) is 0 Å². The number of aliphatic hydroxyl groups is 1. The monoisotopic (exact) mass is 514 g/mol. The Labute approximate surface area is 179 Å². The third-order valence-electron chi connectivity index (χ3n) is 4.43. The number of methoxy groups -OCH3 is 2. The first-order chi connectivity index (χ1) is 13.5. The molecule has 3 rings (SSSR count). The highest BCUT2D eigenvalue weighted by atomic mass is 79.9. The molecule has 1 aliphatic heterocycles. The van der Waals surface area contributed by atoms with Crippen LogP contribution in [-0.2, 0) is 9.63 Å². The quantitative estimate of drug-likeness (QED) is 0.548. The second kappa shape index (κ2) is 9.23. The van der Waals surface area contributed by atoms with Crippen molar-refractivity contribution >= 4 is 43.3 Å². The maximum Gasteiger partial charge on any atom is 0.206 e. The van der Waals surface area contributed by atoms with Gasteiger partial charge in [-0.1, -0.05) is 44.0 Å². The van der Waals surface area contributed by atoms with Gasteiger partial charge in [-0.15, -0.1) is 5.59 Å². The Hall–Kier alpha value is -1.65. The van der Waals surface area contributed by atoms with Crippen molar-refractivity contribution in [1.82, 2.24) is 5.59 Å². The summed E-state index contributed by atoms with van der Waals surface area (Å²) in [7, 11) is 3.17. The number of hydrogen-bond donors (Lipinski definition) is 2. The molecule has 0 aromatic heterocycles. The molecule has 0 aliphatic carbocycles. The number of rotatable bonds is 7. The first-order valence-corrected chi connectivity index (χ1v) is 10.3. The SMILES string of the molecule is COc1ccc(C(Br)C(Br)C(=O)C2C(O)ONN2c2ccc(OC)cc2)cc1. The zero-order chi connectivity index (χ0) is 20.3. The molecule has 28 heavy (non-hydrogen) atoms. The van der Waals surface area contributed by atoms with Crippen molar-refractivity contribution in [2.75, 3.05) is 19.2 Å². The standard InChI is InChI=1S/C19H20Br2N2O5/c1-26-13-7-3-11(4-8-13)15(20)16(21)18(24)17-19(25)28-22-23(17)12-5-9-14(27-2)10-6-12/h3-10,15-17,19,22,25H,1-2H3. The maximum atomic E-state index is 13.2. The van der Waals surface area contributed by atoms with Crippen molar-refractivity contribution in [2.45, 2.75) is 22.0 Å². The number of ketones is 1. The van der Waals surface area contributed by atoms with Crippen LogP contribution in [0.15, 0.2) is 48.5 Å². The van der Waals surface area contributed by atoms with Gasteiger partial charge in [0, 0.05) is 0 Å². The minimum absolute atomic E-state index is 0.244. The van der Waals surface area contributed by atoms with Crippen molar-refractivity contribution in [3.05, 3.63) is 54.1 Å². The Morgan fingerprint density at radius 1 is 1.07 bits per heavy atom. The number of carbonyl (C=O) groups excluding carboxylic acids is 1. The van der Waals surface area contributed by atoms with Crippen LogP contribution in [0.1, 0.15) is 10.4 Å². The molecule has 0 radical (unpaired) electrons. The minimum atomic E-state index is -1.31. The van der Waals surface area contributed by atoms with Crippen LogP contribution in [0.4, 0.5) is 5.69 Å². The topological polar surface area (TPSA) is 80.3 Å². The van der Waals surface area contributed by atoms with E-state index in [0.29, 0.717) is 11.4 Å². The highest BCUT2D eigenvalue weighted by Crippen LogP contribution is 2.35. The lowest BCUT2D eigenvalue weighted by molar-refractivity contribution is -0.133. The fourth-order valence-electron chi connectivity index (χ4n) is 2.85. The summed E-state index contributed by atoms with van der Waals surface area (Å²) in [6, 6.07) is 13.5. The number of nitrogens with zero attached hydrogens (tertiary/aromatic N) is 1. The van der Waals surface area contributed by atoms with Crippen molar-refractivity contribution in [3.63, 3.8) is 0 Å². The minimum Gasteiger partial charge on any atom is -0.497 e. The lowest BCUT2D eigenvalue weighted by Gasteiger charge is -2.27. The molecule has 0 bridgehead atoms. The van der Waals surface area contributed by atoms with Gasteiger partial charge in [-0.2, -0.15) is 0 Å². The summed E-state index contributed by atoms with van der Waals surface area (Å²) in [6.45, 7) is 0. The molecule has 9 heteroatoms. The Kier molecular flexibility index (Phi) is 6.95. The predicted molar refractivity (Wildman–Crippen MR) is 112 cm³/mol. The molecule has 2 aromatic rings. The largest absolute Gasteiger partial charge is 0.497 e. The van der Waals surface area contributed by atoms with Gasteiger partial charge in [-0.3, -0.25) is 9.80 Å². The highest BCUT2D eigenvalue weighted by Gasteiger charge is 2.44.